The lowest BCUT2D eigenvalue weighted by molar-refractivity contribution is 0.396. The third-order valence-electron chi connectivity index (χ3n) is 2.67. The van der Waals surface area contributed by atoms with Crippen LogP contribution in [0.4, 0.5) is 0 Å². The number of rotatable bonds is 2. The molecular formula is C13H10N3O. The molecular weight excluding hydrogens is 214 g/mol. The van der Waals surface area contributed by atoms with Gasteiger partial charge in [0, 0.05) is 28.7 Å². The molecule has 0 amide bonds. The van der Waals surface area contributed by atoms with Crippen LogP contribution in [0, 0.1) is 6.33 Å². The van der Waals surface area contributed by atoms with E-state index in [-0.39, 0.29) is 0 Å². The molecule has 17 heavy (non-hydrogen) atoms. The molecule has 0 aliphatic carbocycles. The fourth-order valence-corrected chi connectivity index (χ4v) is 1.86. The third kappa shape index (κ3) is 1.63. The minimum absolute atomic E-state index is 0.516. The molecule has 2 aromatic heterocycles. The summed E-state index contributed by atoms with van der Waals surface area (Å²) in [6.45, 7) is 0. The van der Waals surface area contributed by atoms with E-state index in [1.54, 1.807) is 13.2 Å². The van der Waals surface area contributed by atoms with Gasteiger partial charge in [-0.05, 0) is 12.1 Å². The molecule has 0 fully saturated rings. The van der Waals surface area contributed by atoms with Crippen LogP contribution < -0.4 is 4.74 Å². The van der Waals surface area contributed by atoms with Gasteiger partial charge in [0.2, 0.25) is 12.2 Å². The number of nitrogens with one attached hydrogen (secondary N) is 1. The molecule has 2 heterocycles. The zero-order valence-corrected chi connectivity index (χ0v) is 9.27. The van der Waals surface area contributed by atoms with Crippen molar-refractivity contribution in [3.8, 4) is 17.1 Å². The number of nitrogens with zero attached hydrogens (tertiary/aromatic N) is 2. The van der Waals surface area contributed by atoms with Crippen LogP contribution in [0.5, 0.6) is 5.88 Å². The number of aromatic amines is 1. The molecule has 0 aliphatic heterocycles. The van der Waals surface area contributed by atoms with Gasteiger partial charge in [-0.2, -0.15) is 4.98 Å². The van der Waals surface area contributed by atoms with Crippen molar-refractivity contribution in [2.75, 3.05) is 7.11 Å². The highest BCUT2D eigenvalue weighted by Gasteiger charge is 2.07. The van der Waals surface area contributed by atoms with E-state index in [2.05, 4.69) is 21.3 Å². The van der Waals surface area contributed by atoms with Gasteiger partial charge in [0.1, 0.15) is 0 Å². The smallest absolute Gasteiger partial charge is 0.217 e. The largest absolute Gasteiger partial charge is 0.481 e. The van der Waals surface area contributed by atoms with Crippen molar-refractivity contribution in [2.45, 2.75) is 0 Å². The molecule has 83 valence electrons. The van der Waals surface area contributed by atoms with E-state index in [0.717, 1.165) is 22.2 Å². The van der Waals surface area contributed by atoms with Crippen molar-refractivity contribution in [1.82, 2.24) is 15.0 Å². The number of hydrogen-bond donors (Lipinski definition) is 1. The Hall–Kier alpha value is -2.36. The van der Waals surface area contributed by atoms with Gasteiger partial charge in [-0.15, -0.1) is 0 Å². The highest BCUT2D eigenvalue weighted by Crippen LogP contribution is 2.27. The Bertz CT molecular complexity index is 660. The maximum absolute atomic E-state index is 5.08. The fraction of sp³-hybridized carbons (Fsp3) is 0.0769. The molecule has 0 atom stereocenters. The second-order valence-electron chi connectivity index (χ2n) is 3.64. The Morgan fingerprint density at radius 3 is 3.06 bits per heavy atom. The van der Waals surface area contributed by atoms with Gasteiger partial charge in [-0.1, -0.05) is 12.1 Å². The third-order valence-corrected chi connectivity index (χ3v) is 2.67. The first-order valence-corrected chi connectivity index (χ1v) is 5.24. The molecule has 0 aliphatic rings. The number of methoxy groups -OCH3 is 1. The Kier molecular flexibility index (Phi) is 2.26. The van der Waals surface area contributed by atoms with Gasteiger partial charge < -0.3 is 9.72 Å². The number of aromatic nitrogens is 3. The minimum atomic E-state index is 0.516. The average molecular weight is 224 g/mol. The van der Waals surface area contributed by atoms with E-state index < -0.39 is 0 Å². The first-order valence-electron chi connectivity index (χ1n) is 5.24. The lowest BCUT2D eigenvalue weighted by Gasteiger charge is -2.03. The van der Waals surface area contributed by atoms with Crippen LogP contribution in [0.15, 0.2) is 36.5 Å². The first kappa shape index (κ1) is 9.84. The fourth-order valence-electron chi connectivity index (χ4n) is 1.86. The SMILES string of the molecule is COc1cc(-c2cccc3[nH]ccc23)n[c]n1. The normalized spacial score (nSPS) is 10.6. The summed E-state index contributed by atoms with van der Waals surface area (Å²) in [6, 6.07) is 9.87. The summed E-state index contributed by atoms with van der Waals surface area (Å²) < 4.78 is 5.08. The van der Waals surface area contributed by atoms with E-state index in [0.29, 0.717) is 5.88 Å². The minimum Gasteiger partial charge on any atom is -0.481 e. The molecule has 0 saturated carbocycles. The van der Waals surface area contributed by atoms with Crippen LogP contribution in [0.3, 0.4) is 0 Å². The summed E-state index contributed by atoms with van der Waals surface area (Å²) >= 11 is 0. The van der Waals surface area contributed by atoms with Crippen LogP contribution in [0.25, 0.3) is 22.2 Å². The first-order chi connectivity index (χ1) is 8.38. The summed E-state index contributed by atoms with van der Waals surface area (Å²) in [5.41, 5.74) is 2.93. The van der Waals surface area contributed by atoms with Crippen molar-refractivity contribution in [3.05, 3.63) is 42.9 Å². The summed E-state index contributed by atoms with van der Waals surface area (Å²) in [5, 5.41) is 1.13. The second-order valence-corrected chi connectivity index (χ2v) is 3.64. The molecule has 1 aromatic carbocycles. The highest BCUT2D eigenvalue weighted by molar-refractivity contribution is 5.94. The van der Waals surface area contributed by atoms with Crippen molar-refractivity contribution < 1.29 is 4.74 Å². The summed E-state index contributed by atoms with van der Waals surface area (Å²) in [7, 11) is 1.58. The lowest BCUT2D eigenvalue weighted by atomic mass is 10.1. The van der Waals surface area contributed by atoms with Crippen LogP contribution >= 0.6 is 0 Å². The lowest BCUT2D eigenvalue weighted by Crippen LogP contribution is -1.91. The molecule has 0 saturated heterocycles. The molecule has 4 nitrogen and oxygen atoms in total. The van der Waals surface area contributed by atoms with Crippen LogP contribution in [-0.4, -0.2) is 22.1 Å². The zero-order valence-electron chi connectivity index (χ0n) is 9.27. The van der Waals surface area contributed by atoms with Crippen LogP contribution in [0.2, 0.25) is 0 Å². The Morgan fingerprint density at radius 1 is 1.24 bits per heavy atom. The predicted molar refractivity (Wildman–Crippen MR) is 64.7 cm³/mol. The van der Waals surface area contributed by atoms with Gasteiger partial charge in [-0.25, -0.2) is 4.98 Å². The Morgan fingerprint density at radius 2 is 2.18 bits per heavy atom. The molecule has 0 bridgehead atoms. The van der Waals surface area contributed by atoms with Gasteiger partial charge >= 0.3 is 0 Å². The Balaban J connectivity index is 2.23. The standard InChI is InChI=1S/C13H10N3O/c1-17-13-7-12(15-8-16-13)9-3-2-4-11-10(9)5-6-14-11/h2-7,14H,1H3. The maximum Gasteiger partial charge on any atom is 0.217 e. The molecule has 3 aromatic rings. The van der Waals surface area contributed by atoms with E-state index in [1.807, 2.05) is 30.5 Å². The topological polar surface area (TPSA) is 50.8 Å². The second kappa shape index (κ2) is 3.90. The molecule has 0 unspecified atom stereocenters. The summed E-state index contributed by atoms with van der Waals surface area (Å²) in [6.07, 6.45) is 4.51. The summed E-state index contributed by atoms with van der Waals surface area (Å²) in [5.74, 6) is 0.516. The Labute approximate surface area is 98.3 Å². The van der Waals surface area contributed by atoms with Crippen LogP contribution in [0.1, 0.15) is 0 Å². The van der Waals surface area contributed by atoms with Crippen molar-refractivity contribution in [2.24, 2.45) is 0 Å². The van der Waals surface area contributed by atoms with E-state index >= 15 is 0 Å². The van der Waals surface area contributed by atoms with Gasteiger partial charge in [0.15, 0.2) is 0 Å². The molecule has 3 rings (SSSR count). The molecule has 1 N–H and O–H groups in total. The average Bonchev–Trinajstić information content (AvgIpc) is 2.87. The number of fused-ring (bicyclic) bond motifs is 1. The van der Waals surface area contributed by atoms with Crippen molar-refractivity contribution >= 4 is 10.9 Å². The van der Waals surface area contributed by atoms with E-state index in [1.165, 1.54) is 0 Å². The van der Waals surface area contributed by atoms with Gasteiger partial charge in [-0.3, -0.25) is 0 Å². The maximum atomic E-state index is 5.08. The van der Waals surface area contributed by atoms with Gasteiger partial charge in [0.05, 0.1) is 12.8 Å². The van der Waals surface area contributed by atoms with Crippen molar-refractivity contribution in [1.29, 1.82) is 0 Å². The predicted octanol–water partition coefficient (Wildman–Crippen LogP) is 2.43. The van der Waals surface area contributed by atoms with E-state index in [9.17, 15) is 0 Å². The monoisotopic (exact) mass is 224 g/mol. The number of ether oxygens (including phenoxy) is 1. The van der Waals surface area contributed by atoms with Gasteiger partial charge in [0.25, 0.3) is 0 Å². The number of benzene rings is 1. The molecule has 1 radical (unpaired) electrons. The van der Waals surface area contributed by atoms with E-state index in [4.69, 9.17) is 4.74 Å². The molecule has 4 heteroatoms. The highest BCUT2D eigenvalue weighted by atomic mass is 16.5. The summed E-state index contributed by atoms with van der Waals surface area (Å²) in [4.78, 5) is 11.2. The number of hydrogen-bond acceptors (Lipinski definition) is 3. The number of H-pyrrole nitrogens is 1. The van der Waals surface area contributed by atoms with Crippen LogP contribution in [-0.2, 0) is 0 Å². The quantitative estimate of drug-likeness (QED) is 0.727. The van der Waals surface area contributed by atoms with Crippen molar-refractivity contribution in [3.63, 3.8) is 0 Å². The molecule has 0 spiro atoms. The zero-order chi connectivity index (χ0) is 11.7.